The summed E-state index contributed by atoms with van der Waals surface area (Å²) in [6, 6.07) is 14.1. The maximum Gasteiger partial charge on any atom is 0.133 e. The fourth-order valence-corrected chi connectivity index (χ4v) is 3.03. The number of hydrogen-bond acceptors (Lipinski definition) is 5. The normalized spacial score (nSPS) is 13.8. The van der Waals surface area contributed by atoms with E-state index >= 15 is 0 Å². The number of rotatable bonds is 6. The first-order valence-corrected chi connectivity index (χ1v) is 8.45. The lowest BCUT2D eigenvalue weighted by Crippen LogP contribution is -2.38. The Bertz CT molecular complexity index is 660. The zero-order valence-electron chi connectivity index (χ0n) is 14.1. The highest BCUT2D eigenvalue weighted by Gasteiger charge is 2.17. The summed E-state index contributed by atoms with van der Waals surface area (Å²) < 4.78 is 6.18. The fraction of sp³-hybridized carbons (Fsp3) is 0.333. The molecule has 124 valence electrons. The van der Waals surface area contributed by atoms with E-state index in [1.165, 1.54) is 0 Å². The van der Waals surface area contributed by atoms with Crippen LogP contribution < -0.4 is 16.2 Å². The summed E-state index contributed by atoms with van der Waals surface area (Å²) in [5, 5.41) is 0. The SMILES string of the molecule is CC(Oc1ccccc1Sc1ccc(N)c(N)c1)C(C)N(C)C. The van der Waals surface area contributed by atoms with Gasteiger partial charge in [-0.1, -0.05) is 23.9 Å². The van der Waals surface area contributed by atoms with Gasteiger partial charge in [-0.3, -0.25) is 0 Å². The number of benzene rings is 2. The third-order valence-corrected chi connectivity index (χ3v) is 4.99. The molecule has 2 unspecified atom stereocenters. The third kappa shape index (κ3) is 4.56. The lowest BCUT2D eigenvalue weighted by molar-refractivity contribution is 0.119. The molecule has 0 saturated heterocycles. The lowest BCUT2D eigenvalue weighted by Gasteiger charge is -2.27. The van der Waals surface area contributed by atoms with Gasteiger partial charge in [0.05, 0.1) is 16.3 Å². The molecule has 0 saturated carbocycles. The van der Waals surface area contributed by atoms with Crippen molar-refractivity contribution in [2.75, 3.05) is 25.6 Å². The van der Waals surface area contributed by atoms with Crippen molar-refractivity contribution >= 4 is 23.1 Å². The molecule has 0 aromatic heterocycles. The fourth-order valence-electron chi connectivity index (χ4n) is 2.09. The van der Waals surface area contributed by atoms with Crippen LogP contribution in [-0.2, 0) is 0 Å². The van der Waals surface area contributed by atoms with E-state index in [0.717, 1.165) is 15.5 Å². The molecule has 2 aromatic rings. The number of para-hydroxylation sites is 1. The van der Waals surface area contributed by atoms with E-state index in [2.05, 4.69) is 38.9 Å². The van der Waals surface area contributed by atoms with Gasteiger partial charge in [0.1, 0.15) is 11.9 Å². The number of ether oxygens (including phenoxy) is 1. The van der Waals surface area contributed by atoms with Crippen LogP contribution in [0.5, 0.6) is 5.75 Å². The van der Waals surface area contributed by atoms with E-state index in [0.29, 0.717) is 17.4 Å². The Morgan fingerprint density at radius 1 is 1.00 bits per heavy atom. The second-order valence-electron chi connectivity index (χ2n) is 5.87. The average Bonchev–Trinajstić information content (AvgIpc) is 2.52. The van der Waals surface area contributed by atoms with Crippen molar-refractivity contribution in [2.45, 2.75) is 35.8 Å². The highest BCUT2D eigenvalue weighted by atomic mass is 32.2. The van der Waals surface area contributed by atoms with Crippen LogP contribution >= 0.6 is 11.8 Å². The minimum absolute atomic E-state index is 0.0863. The van der Waals surface area contributed by atoms with Crippen molar-refractivity contribution in [1.82, 2.24) is 4.90 Å². The first-order chi connectivity index (χ1) is 10.9. The highest BCUT2D eigenvalue weighted by Crippen LogP contribution is 2.37. The summed E-state index contributed by atoms with van der Waals surface area (Å²) in [6.45, 7) is 4.24. The summed E-state index contributed by atoms with van der Waals surface area (Å²) in [4.78, 5) is 4.26. The van der Waals surface area contributed by atoms with Crippen molar-refractivity contribution in [1.29, 1.82) is 0 Å². The molecule has 2 aromatic carbocycles. The van der Waals surface area contributed by atoms with Crippen LogP contribution in [0.1, 0.15) is 13.8 Å². The topological polar surface area (TPSA) is 64.5 Å². The van der Waals surface area contributed by atoms with E-state index in [4.69, 9.17) is 16.2 Å². The van der Waals surface area contributed by atoms with Gasteiger partial charge in [-0.2, -0.15) is 0 Å². The van der Waals surface area contributed by atoms with Gasteiger partial charge in [-0.15, -0.1) is 0 Å². The van der Waals surface area contributed by atoms with E-state index in [1.54, 1.807) is 11.8 Å². The second-order valence-corrected chi connectivity index (χ2v) is 6.98. The van der Waals surface area contributed by atoms with Gasteiger partial charge in [-0.05, 0) is 58.3 Å². The summed E-state index contributed by atoms with van der Waals surface area (Å²) in [5.74, 6) is 0.883. The number of anilines is 2. The predicted molar refractivity (Wildman–Crippen MR) is 99.1 cm³/mol. The monoisotopic (exact) mass is 331 g/mol. The quantitative estimate of drug-likeness (QED) is 0.790. The molecule has 23 heavy (non-hydrogen) atoms. The van der Waals surface area contributed by atoms with Crippen LogP contribution in [0.4, 0.5) is 11.4 Å². The summed E-state index contributed by atoms with van der Waals surface area (Å²) >= 11 is 1.63. The molecule has 4 nitrogen and oxygen atoms in total. The average molecular weight is 331 g/mol. The molecular formula is C18H25N3OS. The Morgan fingerprint density at radius 3 is 2.35 bits per heavy atom. The molecule has 4 N–H and O–H groups in total. The Labute approximate surface area is 142 Å². The minimum atomic E-state index is 0.0863. The number of nitrogen functional groups attached to an aromatic ring is 2. The largest absolute Gasteiger partial charge is 0.488 e. The van der Waals surface area contributed by atoms with Crippen LogP contribution in [-0.4, -0.2) is 31.1 Å². The van der Waals surface area contributed by atoms with Crippen LogP contribution in [0.3, 0.4) is 0 Å². The molecule has 5 heteroatoms. The Kier molecular flexibility index (Phi) is 5.80. The van der Waals surface area contributed by atoms with Crippen molar-refractivity contribution in [2.24, 2.45) is 0 Å². The van der Waals surface area contributed by atoms with Crippen molar-refractivity contribution in [3.8, 4) is 5.75 Å². The van der Waals surface area contributed by atoms with Gasteiger partial charge in [0.15, 0.2) is 0 Å². The standard InChI is InChI=1S/C18H25N3OS/c1-12(21(3)4)13(2)22-17-7-5-6-8-18(17)23-14-9-10-15(19)16(20)11-14/h5-13H,19-20H2,1-4H3. The Morgan fingerprint density at radius 2 is 1.70 bits per heavy atom. The number of nitrogens with zero attached hydrogens (tertiary/aromatic N) is 1. The summed E-state index contributed by atoms with van der Waals surface area (Å²) in [7, 11) is 4.12. The Balaban J connectivity index is 2.18. The molecule has 0 aliphatic carbocycles. The molecule has 0 aliphatic heterocycles. The van der Waals surface area contributed by atoms with Gasteiger partial charge >= 0.3 is 0 Å². The first kappa shape index (κ1) is 17.5. The first-order valence-electron chi connectivity index (χ1n) is 7.63. The third-order valence-electron chi connectivity index (χ3n) is 3.94. The van der Waals surface area contributed by atoms with Crippen molar-refractivity contribution < 1.29 is 4.74 Å². The zero-order valence-corrected chi connectivity index (χ0v) is 14.9. The molecule has 0 aliphatic rings. The van der Waals surface area contributed by atoms with Crippen LogP contribution in [0.25, 0.3) is 0 Å². The molecule has 0 fully saturated rings. The van der Waals surface area contributed by atoms with E-state index in [9.17, 15) is 0 Å². The number of hydrogen-bond donors (Lipinski definition) is 2. The van der Waals surface area contributed by atoms with Crippen LogP contribution in [0.15, 0.2) is 52.3 Å². The lowest BCUT2D eigenvalue weighted by atomic mass is 10.2. The Hall–Kier alpha value is -1.85. The zero-order chi connectivity index (χ0) is 17.0. The van der Waals surface area contributed by atoms with Gasteiger partial charge in [-0.25, -0.2) is 0 Å². The molecule has 0 amide bonds. The number of nitrogens with two attached hydrogens (primary N) is 2. The molecule has 0 radical (unpaired) electrons. The highest BCUT2D eigenvalue weighted by molar-refractivity contribution is 7.99. The van der Waals surface area contributed by atoms with Gasteiger partial charge in [0, 0.05) is 10.9 Å². The van der Waals surface area contributed by atoms with Crippen molar-refractivity contribution in [3.63, 3.8) is 0 Å². The maximum atomic E-state index is 6.18. The second kappa shape index (κ2) is 7.62. The molecule has 2 rings (SSSR count). The predicted octanol–water partition coefficient (Wildman–Crippen LogP) is 3.72. The molecule has 0 heterocycles. The van der Waals surface area contributed by atoms with E-state index < -0.39 is 0 Å². The summed E-state index contributed by atoms with van der Waals surface area (Å²) in [5.41, 5.74) is 12.9. The molecule has 0 spiro atoms. The van der Waals surface area contributed by atoms with Crippen LogP contribution in [0.2, 0.25) is 0 Å². The summed E-state index contributed by atoms with van der Waals surface area (Å²) in [6.07, 6.45) is 0.0863. The molecular weight excluding hydrogens is 306 g/mol. The van der Waals surface area contributed by atoms with E-state index in [1.807, 2.05) is 36.4 Å². The van der Waals surface area contributed by atoms with Crippen molar-refractivity contribution in [3.05, 3.63) is 42.5 Å². The molecule has 2 atom stereocenters. The minimum Gasteiger partial charge on any atom is -0.488 e. The van der Waals surface area contributed by atoms with Gasteiger partial charge in [0.2, 0.25) is 0 Å². The van der Waals surface area contributed by atoms with E-state index in [-0.39, 0.29) is 6.10 Å². The van der Waals surface area contributed by atoms with Gasteiger partial charge < -0.3 is 21.1 Å². The number of likely N-dealkylation sites (N-methyl/N-ethyl adjacent to an activating group) is 1. The molecule has 0 bridgehead atoms. The van der Waals surface area contributed by atoms with Crippen LogP contribution in [0, 0.1) is 0 Å². The van der Waals surface area contributed by atoms with Gasteiger partial charge in [0.25, 0.3) is 0 Å². The smallest absolute Gasteiger partial charge is 0.133 e. The maximum absolute atomic E-state index is 6.18.